The van der Waals surface area contributed by atoms with Gasteiger partial charge in [0.2, 0.25) is 0 Å². The van der Waals surface area contributed by atoms with E-state index in [0.717, 1.165) is 22.8 Å². The van der Waals surface area contributed by atoms with Crippen LogP contribution in [-0.4, -0.2) is 55.7 Å². The summed E-state index contributed by atoms with van der Waals surface area (Å²) in [5, 5.41) is 1.99. The van der Waals surface area contributed by atoms with E-state index in [-0.39, 0.29) is 11.9 Å². The maximum absolute atomic E-state index is 13.3. The summed E-state index contributed by atoms with van der Waals surface area (Å²) in [5.41, 5.74) is 3.57. The van der Waals surface area contributed by atoms with E-state index in [2.05, 4.69) is 38.9 Å². The number of hydrogen-bond acceptors (Lipinski definition) is 6. The first kappa shape index (κ1) is 21.1. The van der Waals surface area contributed by atoms with Gasteiger partial charge in [-0.3, -0.25) is 14.1 Å². The van der Waals surface area contributed by atoms with Crippen LogP contribution in [0.4, 0.5) is 0 Å². The molecule has 7 nitrogen and oxygen atoms in total. The summed E-state index contributed by atoms with van der Waals surface area (Å²) in [6, 6.07) is 12.2. The van der Waals surface area contributed by atoms with Crippen molar-refractivity contribution in [3.63, 3.8) is 0 Å². The molecule has 0 fully saturated rings. The van der Waals surface area contributed by atoms with Crippen LogP contribution in [0.5, 0.6) is 0 Å². The molecular weight excluding hydrogens is 408 g/mol. The van der Waals surface area contributed by atoms with Gasteiger partial charge in [0.05, 0.1) is 11.4 Å². The lowest BCUT2D eigenvalue weighted by molar-refractivity contribution is 0.0788. The Bertz CT molecular complexity index is 1140. The number of benzene rings is 1. The first-order valence-corrected chi connectivity index (χ1v) is 11.1. The van der Waals surface area contributed by atoms with Gasteiger partial charge in [-0.2, -0.15) is 0 Å². The van der Waals surface area contributed by atoms with E-state index < -0.39 is 0 Å². The molecule has 0 spiro atoms. The largest absolute Gasteiger partial charge is 0.340 e. The summed E-state index contributed by atoms with van der Waals surface area (Å²) in [5.74, 6) is -0.0510. The first-order chi connectivity index (χ1) is 15.0. The molecule has 0 N–H and O–H groups in total. The Labute approximate surface area is 186 Å². The highest BCUT2D eigenvalue weighted by atomic mass is 32.1. The summed E-state index contributed by atoms with van der Waals surface area (Å²) in [6.07, 6.45) is 6.10. The molecule has 4 rings (SSSR count). The number of fused-ring (bicyclic) bond motifs is 1. The number of imidazole rings is 1. The standard InChI is InChI=1S/C23H26N6OS/c1-17(19-9-11-24-16-25-19)28(3)15-20-21(26-23-29(20)13-14-31-23)22(30)27(2)12-10-18-7-5-4-6-8-18/h4-9,11,13-14,16-17H,10,12,15H2,1-3H3/t17-/m1/s1. The zero-order valence-corrected chi connectivity index (χ0v) is 18.8. The third-order valence-corrected chi connectivity index (χ3v) is 6.34. The predicted octanol–water partition coefficient (Wildman–Crippen LogP) is 3.69. The number of thiazole rings is 1. The van der Waals surface area contributed by atoms with Crippen LogP contribution in [0.2, 0.25) is 0 Å². The van der Waals surface area contributed by atoms with Crippen LogP contribution < -0.4 is 0 Å². The highest BCUT2D eigenvalue weighted by Gasteiger charge is 2.25. The maximum Gasteiger partial charge on any atom is 0.274 e. The van der Waals surface area contributed by atoms with Crippen LogP contribution >= 0.6 is 11.3 Å². The molecule has 1 aromatic carbocycles. The van der Waals surface area contributed by atoms with Crippen molar-refractivity contribution in [2.24, 2.45) is 0 Å². The van der Waals surface area contributed by atoms with Crippen molar-refractivity contribution >= 4 is 22.2 Å². The lowest BCUT2D eigenvalue weighted by atomic mass is 10.1. The second kappa shape index (κ2) is 9.36. The van der Waals surface area contributed by atoms with Gasteiger partial charge in [-0.1, -0.05) is 30.3 Å². The maximum atomic E-state index is 13.3. The molecule has 3 heterocycles. The molecule has 0 unspecified atom stereocenters. The Morgan fingerprint density at radius 3 is 2.74 bits per heavy atom. The van der Waals surface area contributed by atoms with E-state index in [0.29, 0.717) is 18.8 Å². The van der Waals surface area contributed by atoms with Crippen LogP contribution in [0.1, 0.15) is 40.4 Å². The fraction of sp³-hybridized carbons (Fsp3) is 0.304. The molecule has 1 amide bonds. The van der Waals surface area contributed by atoms with Crippen molar-refractivity contribution in [2.75, 3.05) is 20.6 Å². The minimum absolute atomic E-state index is 0.0510. The number of rotatable bonds is 8. The van der Waals surface area contributed by atoms with Gasteiger partial charge >= 0.3 is 0 Å². The van der Waals surface area contributed by atoms with Crippen LogP contribution in [0, 0.1) is 0 Å². The Hall–Kier alpha value is -3.10. The van der Waals surface area contributed by atoms with Gasteiger partial charge in [-0.15, -0.1) is 11.3 Å². The molecule has 160 valence electrons. The van der Waals surface area contributed by atoms with Gasteiger partial charge in [-0.25, -0.2) is 15.0 Å². The Balaban J connectivity index is 1.53. The average molecular weight is 435 g/mol. The summed E-state index contributed by atoms with van der Waals surface area (Å²) in [6.45, 7) is 3.32. The number of likely N-dealkylation sites (N-methyl/N-ethyl adjacent to an activating group) is 1. The molecule has 1 atom stereocenters. The summed E-state index contributed by atoms with van der Waals surface area (Å²) in [7, 11) is 3.88. The smallest absolute Gasteiger partial charge is 0.274 e. The molecule has 0 radical (unpaired) electrons. The van der Waals surface area contributed by atoms with Gasteiger partial charge in [0.15, 0.2) is 10.7 Å². The Morgan fingerprint density at radius 2 is 2.00 bits per heavy atom. The third kappa shape index (κ3) is 4.65. The second-order valence-electron chi connectivity index (χ2n) is 7.65. The van der Waals surface area contributed by atoms with Gasteiger partial charge < -0.3 is 4.90 Å². The Morgan fingerprint density at radius 1 is 1.19 bits per heavy atom. The number of carbonyl (C=O) groups is 1. The van der Waals surface area contributed by atoms with Crippen molar-refractivity contribution in [3.05, 3.63) is 83.1 Å². The number of aromatic nitrogens is 4. The van der Waals surface area contributed by atoms with E-state index in [1.807, 2.05) is 54.3 Å². The van der Waals surface area contributed by atoms with E-state index >= 15 is 0 Å². The number of amides is 1. The SMILES string of the molecule is C[C@H](c1ccncn1)N(C)Cc1c(C(=O)N(C)CCc2ccccc2)nc2sccn12. The normalized spacial score (nSPS) is 12.4. The molecule has 0 bridgehead atoms. The Kier molecular flexibility index (Phi) is 6.39. The molecule has 0 saturated carbocycles. The first-order valence-electron chi connectivity index (χ1n) is 10.2. The monoisotopic (exact) mass is 434 g/mol. The van der Waals surface area contributed by atoms with Crippen LogP contribution in [0.3, 0.4) is 0 Å². The highest BCUT2D eigenvalue weighted by molar-refractivity contribution is 7.15. The minimum Gasteiger partial charge on any atom is -0.340 e. The predicted molar refractivity (Wildman–Crippen MR) is 122 cm³/mol. The zero-order chi connectivity index (χ0) is 21.8. The molecule has 0 aliphatic heterocycles. The van der Waals surface area contributed by atoms with Crippen molar-refractivity contribution in [3.8, 4) is 0 Å². The fourth-order valence-corrected chi connectivity index (χ4v) is 4.26. The van der Waals surface area contributed by atoms with Gasteiger partial charge in [0.25, 0.3) is 5.91 Å². The summed E-state index contributed by atoms with van der Waals surface area (Å²) >= 11 is 1.54. The van der Waals surface area contributed by atoms with Crippen molar-refractivity contribution in [1.29, 1.82) is 0 Å². The fourth-order valence-electron chi connectivity index (χ4n) is 3.53. The van der Waals surface area contributed by atoms with Crippen LogP contribution in [0.15, 0.2) is 60.5 Å². The van der Waals surface area contributed by atoms with Crippen LogP contribution in [0.25, 0.3) is 4.96 Å². The lowest BCUT2D eigenvalue weighted by Gasteiger charge is -2.24. The third-order valence-electron chi connectivity index (χ3n) is 5.58. The minimum atomic E-state index is -0.0510. The molecule has 0 aliphatic rings. The molecule has 0 saturated heterocycles. The average Bonchev–Trinajstić information content (AvgIpc) is 3.40. The van der Waals surface area contributed by atoms with Gasteiger partial charge in [0.1, 0.15) is 6.33 Å². The van der Waals surface area contributed by atoms with Gasteiger partial charge in [-0.05, 0) is 32.0 Å². The van der Waals surface area contributed by atoms with Crippen molar-refractivity contribution in [2.45, 2.75) is 25.9 Å². The highest BCUT2D eigenvalue weighted by Crippen LogP contribution is 2.24. The number of nitrogens with zero attached hydrogens (tertiary/aromatic N) is 6. The number of carbonyl (C=O) groups excluding carboxylic acids is 1. The molecular formula is C23H26N6OS. The molecule has 8 heteroatoms. The lowest BCUT2D eigenvalue weighted by Crippen LogP contribution is -2.31. The van der Waals surface area contributed by atoms with E-state index in [4.69, 9.17) is 0 Å². The summed E-state index contributed by atoms with van der Waals surface area (Å²) < 4.78 is 2.02. The molecule has 3 aromatic heterocycles. The zero-order valence-electron chi connectivity index (χ0n) is 18.0. The quantitative estimate of drug-likeness (QED) is 0.423. The van der Waals surface area contributed by atoms with Crippen LogP contribution in [-0.2, 0) is 13.0 Å². The van der Waals surface area contributed by atoms with Crippen molar-refractivity contribution < 1.29 is 4.79 Å². The number of hydrogen-bond donors (Lipinski definition) is 0. The molecule has 0 aliphatic carbocycles. The second-order valence-corrected chi connectivity index (χ2v) is 8.52. The van der Waals surface area contributed by atoms with E-state index in [9.17, 15) is 4.79 Å². The van der Waals surface area contributed by atoms with Crippen molar-refractivity contribution in [1.82, 2.24) is 29.2 Å². The topological polar surface area (TPSA) is 66.6 Å². The summed E-state index contributed by atoms with van der Waals surface area (Å²) in [4.78, 5) is 31.1. The molecule has 4 aromatic rings. The van der Waals surface area contributed by atoms with Gasteiger partial charge in [0, 0.05) is 44.0 Å². The molecule has 31 heavy (non-hydrogen) atoms. The van der Waals surface area contributed by atoms with E-state index in [1.165, 1.54) is 16.9 Å². The van der Waals surface area contributed by atoms with E-state index in [1.54, 1.807) is 17.4 Å².